The van der Waals surface area contributed by atoms with Crippen molar-refractivity contribution < 1.29 is 19.2 Å². The highest BCUT2D eigenvalue weighted by Gasteiger charge is 2.17. The second-order valence-electron chi connectivity index (χ2n) is 2.00. The summed E-state index contributed by atoms with van der Waals surface area (Å²) in [6, 6.07) is -0.125. The fraction of sp³-hybridized carbons (Fsp3) is 0.167. The van der Waals surface area contributed by atoms with E-state index in [0.29, 0.717) is 0 Å². The van der Waals surface area contributed by atoms with E-state index >= 15 is 0 Å². The third kappa shape index (κ3) is 1.95. The van der Waals surface area contributed by atoms with Gasteiger partial charge < -0.3 is 20.1 Å². The standard InChI is InChI=1S/C6H7N3O4/c1-12-9-4(5(10)11)3-2-13-6(7)8-3/h2H,1H3,(H2,7,8)(H,10,11). The van der Waals surface area contributed by atoms with Gasteiger partial charge in [0.15, 0.2) is 0 Å². The number of oxime groups is 1. The van der Waals surface area contributed by atoms with Gasteiger partial charge in [0.1, 0.15) is 19.1 Å². The molecule has 0 amide bonds. The van der Waals surface area contributed by atoms with Crippen LogP contribution in [0, 0.1) is 0 Å². The number of anilines is 1. The Hall–Kier alpha value is -2.05. The number of hydrogen-bond donors (Lipinski definition) is 2. The first kappa shape index (κ1) is 9.04. The van der Waals surface area contributed by atoms with Crippen molar-refractivity contribution in [1.82, 2.24) is 4.98 Å². The number of nitrogens with zero attached hydrogens (tertiary/aromatic N) is 2. The molecule has 7 nitrogen and oxygen atoms in total. The SMILES string of the molecule is CON=C(C(=O)O)c1coc(N)n1. The molecule has 0 aromatic carbocycles. The van der Waals surface area contributed by atoms with Crippen molar-refractivity contribution in [3.05, 3.63) is 12.0 Å². The summed E-state index contributed by atoms with van der Waals surface area (Å²) in [5, 5.41) is 11.9. The minimum absolute atomic E-state index is 0.0202. The highest BCUT2D eigenvalue weighted by Crippen LogP contribution is 2.04. The van der Waals surface area contributed by atoms with Crippen LogP contribution in [0.5, 0.6) is 0 Å². The maximum absolute atomic E-state index is 10.6. The van der Waals surface area contributed by atoms with Crippen molar-refractivity contribution in [3.63, 3.8) is 0 Å². The van der Waals surface area contributed by atoms with Gasteiger partial charge in [0.25, 0.3) is 6.01 Å². The second kappa shape index (κ2) is 3.57. The molecule has 3 N–H and O–H groups in total. The lowest BCUT2D eigenvalue weighted by Gasteiger charge is -1.93. The number of carboxylic acids is 1. The first-order chi connectivity index (χ1) is 6.15. The van der Waals surface area contributed by atoms with Crippen LogP contribution in [0.15, 0.2) is 15.8 Å². The van der Waals surface area contributed by atoms with Gasteiger partial charge in [-0.3, -0.25) is 0 Å². The summed E-state index contributed by atoms with van der Waals surface area (Å²) < 4.78 is 4.61. The van der Waals surface area contributed by atoms with Crippen LogP contribution in [0.4, 0.5) is 6.01 Å². The molecule has 0 unspecified atom stereocenters. The minimum Gasteiger partial charge on any atom is -0.476 e. The van der Waals surface area contributed by atoms with E-state index in [4.69, 9.17) is 10.8 Å². The molecule has 0 aliphatic carbocycles. The number of aromatic nitrogens is 1. The van der Waals surface area contributed by atoms with E-state index in [9.17, 15) is 4.79 Å². The summed E-state index contributed by atoms with van der Waals surface area (Å²) in [5.74, 6) is -1.27. The van der Waals surface area contributed by atoms with Gasteiger partial charge in [-0.25, -0.2) is 4.79 Å². The Labute approximate surface area is 72.8 Å². The van der Waals surface area contributed by atoms with Crippen molar-refractivity contribution in [1.29, 1.82) is 0 Å². The average molecular weight is 185 g/mol. The maximum Gasteiger partial charge on any atom is 0.360 e. The maximum atomic E-state index is 10.6. The molecule has 0 atom stereocenters. The summed E-state index contributed by atoms with van der Waals surface area (Å²) in [4.78, 5) is 18.4. The third-order valence-corrected chi connectivity index (χ3v) is 1.15. The van der Waals surface area contributed by atoms with E-state index in [1.807, 2.05) is 0 Å². The number of carbonyl (C=O) groups is 1. The molecule has 7 heteroatoms. The zero-order valence-electron chi connectivity index (χ0n) is 6.72. The first-order valence-electron chi connectivity index (χ1n) is 3.21. The van der Waals surface area contributed by atoms with E-state index < -0.39 is 5.97 Å². The van der Waals surface area contributed by atoms with Gasteiger partial charge in [-0.2, -0.15) is 4.98 Å². The van der Waals surface area contributed by atoms with Gasteiger partial charge in [-0.05, 0) is 0 Å². The molecule has 0 aliphatic heterocycles. The van der Waals surface area contributed by atoms with Gasteiger partial charge in [0, 0.05) is 0 Å². The molecule has 0 bridgehead atoms. The normalized spacial score (nSPS) is 11.3. The number of nitrogens with two attached hydrogens (primary N) is 1. The summed E-state index contributed by atoms with van der Waals surface area (Å²) in [6.07, 6.45) is 1.08. The Morgan fingerprint density at radius 2 is 2.54 bits per heavy atom. The third-order valence-electron chi connectivity index (χ3n) is 1.15. The van der Waals surface area contributed by atoms with E-state index in [0.717, 1.165) is 6.26 Å². The zero-order chi connectivity index (χ0) is 9.84. The molecule has 0 fully saturated rings. The number of nitrogen functional groups attached to an aromatic ring is 1. The zero-order valence-corrected chi connectivity index (χ0v) is 6.72. The van der Waals surface area contributed by atoms with Crippen LogP contribution in [-0.2, 0) is 9.63 Å². The number of rotatable bonds is 3. The van der Waals surface area contributed by atoms with Crippen molar-refractivity contribution in [2.45, 2.75) is 0 Å². The monoisotopic (exact) mass is 185 g/mol. The Kier molecular flexibility index (Phi) is 2.48. The molecule has 0 saturated heterocycles. The van der Waals surface area contributed by atoms with E-state index in [2.05, 4.69) is 19.4 Å². The van der Waals surface area contributed by atoms with Crippen LogP contribution in [-0.4, -0.2) is 28.9 Å². The summed E-state index contributed by atoms with van der Waals surface area (Å²) >= 11 is 0. The van der Waals surface area contributed by atoms with Crippen LogP contribution in [0.1, 0.15) is 5.69 Å². The van der Waals surface area contributed by atoms with Crippen molar-refractivity contribution in [3.8, 4) is 0 Å². The molecule has 0 spiro atoms. The number of hydrogen-bond acceptors (Lipinski definition) is 6. The van der Waals surface area contributed by atoms with Gasteiger partial charge in [-0.1, -0.05) is 5.16 Å². The Bertz CT molecular complexity index is 343. The largest absolute Gasteiger partial charge is 0.476 e. The first-order valence-corrected chi connectivity index (χ1v) is 3.21. The molecule has 0 saturated carbocycles. The van der Waals surface area contributed by atoms with Crippen molar-refractivity contribution in [2.75, 3.05) is 12.8 Å². The molecule has 1 heterocycles. The number of aliphatic carboxylic acids is 1. The molecular formula is C6H7N3O4. The lowest BCUT2D eigenvalue weighted by Crippen LogP contribution is -2.15. The van der Waals surface area contributed by atoms with Gasteiger partial charge in [0.2, 0.25) is 5.71 Å². The average Bonchev–Trinajstić information content (AvgIpc) is 2.46. The summed E-state index contributed by atoms with van der Waals surface area (Å²) in [6.45, 7) is 0. The number of carboxylic acid groups (broad SMARTS) is 1. The molecule has 1 aromatic rings. The van der Waals surface area contributed by atoms with E-state index in [-0.39, 0.29) is 17.4 Å². The van der Waals surface area contributed by atoms with Gasteiger partial charge in [0.05, 0.1) is 0 Å². The van der Waals surface area contributed by atoms with Crippen LogP contribution < -0.4 is 5.73 Å². The van der Waals surface area contributed by atoms with Crippen LogP contribution >= 0.6 is 0 Å². The highest BCUT2D eigenvalue weighted by molar-refractivity contribution is 6.41. The van der Waals surface area contributed by atoms with E-state index in [1.54, 1.807) is 0 Å². The fourth-order valence-corrected chi connectivity index (χ4v) is 0.683. The van der Waals surface area contributed by atoms with Crippen LogP contribution in [0.2, 0.25) is 0 Å². The Morgan fingerprint density at radius 1 is 1.85 bits per heavy atom. The van der Waals surface area contributed by atoms with Crippen LogP contribution in [0.25, 0.3) is 0 Å². The Balaban J connectivity index is 3.02. The topological polar surface area (TPSA) is 111 Å². The summed E-state index contributed by atoms with van der Waals surface area (Å²) in [7, 11) is 1.23. The van der Waals surface area contributed by atoms with Crippen molar-refractivity contribution >= 4 is 17.7 Å². The number of oxazole rings is 1. The van der Waals surface area contributed by atoms with Gasteiger partial charge >= 0.3 is 5.97 Å². The van der Waals surface area contributed by atoms with E-state index in [1.165, 1.54) is 7.11 Å². The molecule has 13 heavy (non-hydrogen) atoms. The van der Waals surface area contributed by atoms with Gasteiger partial charge in [-0.15, -0.1) is 0 Å². The minimum atomic E-state index is -1.27. The second-order valence-corrected chi connectivity index (χ2v) is 2.00. The molecule has 0 aliphatic rings. The van der Waals surface area contributed by atoms with Crippen molar-refractivity contribution in [2.24, 2.45) is 5.16 Å². The molecule has 0 radical (unpaired) electrons. The molecular weight excluding hydrogens is 178 g/mol. The van der Waals surface area contributed by atoms with Crippen LogP contribution in [0.3, 0.4) is 0 Å². The smallest absolute Gasteiger partial charge is 0.360 e. The summed E-state index contributed by atoms with van der Waals surface area (Å²) in [5.41, 5.74) is 4.81. The molecule has 1 rings (SSSR count). The molecule has 70 valence electrons. The fourth-order valence-electron chi connectivity index (χ4n) is 0.683. The predicted octanol–water partition coefficient (Wildman–Crippen LogP) is -0.308. The Morgan fingerprint density at radius 3 is 2.92 bits per heavy atom. The predicted molar refractivity (Wildman–Crippen MR) is 42.1 cm³/mol. The lowest BCUT2D eigenvalue weighted by molar-refractivity contribution is -0.129. The lowest BCUT2D eigenvalue weighted by atomic mass is 10.3. The quantitative estimate of drug-likeness (QED) is 0.493. The molecule has 1 aromatic heterocycles. The highest BCUT2D eigenvalue weighted by atomic mass is 16.6.